The molecule has 0 aliphatic rings. The highest BCUT2D eigenvalue weighted by Crippen LogP contribution is 2.24. The van der Waals surface area contributed by atoms with Gasteiger partial charge in [-0.25, -0.2) is 4.98 Å². The van der Waals surface area contributed by atoms with E-state index in [1.165, 1.54) is 0 Å². The summed E-state index contributed by atoms with van der Waals surface area (Å²) in [6.45, 7) is 8.76. The lowest BCUT2D eigenvalue weighted by Gasteiger charge is -2.15. The highest BCUT2D eigenvalue weighted by atomic mass is 32.1. The highest BCUT2D eigenvalue weighted by Gasteiger charge is 2.21. The van der Waals surface area contributed by atoms with Crippen molar-refractivity contribution in [1.82, 2.24) is 10.3 Å². The maximum atomic E-state index is 11.5. The lowest BCUT2D eigenvalue weighted by Crippen LogP contribution is -2.28. The van der Waals surface area contributed by atoms with Crippen molar-refractivity contribution in [2.24, 2.45) is 0 Å². The minimum atomic E-state index is -0.877. The van der Waals surface area contributed by atoms with Crippen molar-refractivity contribution in [3.8, 4) is 0 Å². The number of thiazole rings is 1. The number of hydrogen-bond donors (Lipinski definition) is 2. The molecule has 0 fully saturated rings. The second-order valence-corrected chi connectivity index (χ2v) is 7.39. The zero-order valence-corrected chi connectivity index (χ0v) is 14.2. The number of aryl methyl sites for hydroxylation is 1. The van der Waals surface area contributed by atoms with Gasteiger partial charge in [-0.05, 0) is 12.5 Å². The van der Waals surface area contributed by atoms with E-state index in [4.69, 9.17) is 0 Å². The predicted molar refractivity (Wildman–Crippen MR) is 89.2 cm³/mol. The maximum absolute atomic E-state index is 11.5. The standard InChI is InChI=1S/C17H22N2O2S/c1-11-6-5-7-12(8-11)15(16(20)21)18-9-14-19-13(10-22-14)17(2,3)4/h5-8,10,15,18H,9H2,1-4H3,(H,20,21). The Hall–Kier alpha value is -1.72. The predicted octanol–water partition coefficient (Wildman–Crippen LogP) is 3.66. The van der Waals surface area contributed by atoms with Gasteiger partial charge in [-0.1, -0.05) is 50.6 Å². The number of carboxylic acid groups (broad SMARTS) is 1. The van der Waals surface area contributed by atoms with Gasteiger partial charge in [0.1, 0.15) is 11.0 Å². The number of nitrogens with one attached hydrogen (secondary N) is 1. The third-order valence-electron chi connectivity index (χ3n) is 3.40. The molecule has 0 saturated heterocycles. The van der Waals surface area contributed by atoms with Crippen molar-refractivity contribution >= 4 is 17.3 Å². The fourth-order valence-electron chi connectivity index (χ4n) is 2.12. The van der Waals surface area contributed by atoms with E-state index < -0.39 is 12.0 Å². The normalized spacial score (nSPS) is 13.1. The lowest BCUT2D eigenvalue weighted by molar-refractivity contribution is -0.139. The van der Waals surface area contributed by atoms with Gasteiger partial charge in [-0.2, -0.15) is 0 Å². The molecule has 118 valence electrons. The van der Waals surface area contributed by atoms with Crippen molar-refractivity contribution in [1.29, 1.82) is 0 Å². The van der Waals surface area contributed by atoms with Crippen LogP contribution in [-0.2, 0) is 16.8 Å². The third-order valence-corrected chi connectivity index (χ3v) is 4.25. The van der Waals surface area contributed by atoms with Gasteiger partial charge in [0, 0.05) is 17.3 Å². The fraction of sp³-hybridized carbons (Fsp3) is 0.412. The lowest BCUT2D eigenvalue weighted by atomic mass is 9.93. The number of aliphatic carboxylic acids is 1. The van der Waals surface area contributed by atoms with Crippen molar-refractivity contribution in [2.45, 2.75) is 45.7 Å². The Balaban J connectivity index is 2.10. The molecule has 0 radical (unpaired) electrons. The first-order valence-electron chi connectivity index (χ1n) is 7.25. The van der Waals surface area contributed by atoms with Crippen LogP contribution in [0.4, 0.5) is 0 Å². The average Bonchev–Trinajstić information content (AvgIpc) is 2.87. The molecule has 0 spiro atoms. The molecular formula is C17H22N2O2S. The summed E-state index contributed by atoms with van der Waals surface area (Å²) in [5.41, 5.74) is 2.86. The number of aromatic nitrogens is 1. The largest absolute Gasteiger partial charge is 0.480 e. The highest BCUT2D eigenvalue weighted by molar-refractivity contribution is 7.09. The summed E-state index contributed by atoms with van der Waals surface area (Å²) in [5, 5.41) is 15.5. The van der Waals surface area contributed by atoms with Crippen LogP contribution in [0.3, 0.4) is 0 Å². The van der Waals surface area contributed by atoms with E-state index in [1.54, 1.807) is 11.3 Å². The molecule has 0 amide bonds. The summed E-state index contributed by atoms with van der Waals surface area (Å²) >= 11 is 1.56. The Kier molecular flexibility index (Phi) is 4.98. The van der Waals surface area contributed by atoms with Crippen LogP contribution in [0.5, 0.6) is 0 Å². The molecule has 0 saturated carbocycles. The zero-order valence-electron chi connectivity index (χ0n) is 13.4. The number of benzene rings is 1. The van der Waals surface area contributed by atoms with Crippen LogP contribution in [0, 0.1) is 6.92 Å². The summed E-state index contributed by atoms with van der Waals surface area (Å²) in [6, 6.07) is 6.85. The molecule has 5 heteroatoms. The molecule has 0 aliphatic carbocycles. The summed E-state index contributed by atoms with van der Waals surface area (Å²) in [4.78, 5) is 16.1. The Morgan fingerprint density at radius 1 is 1.41 bits per heavy atom. The summed E-state index contributed by atoms with van der Waals surface area (Å²) in [7, 11) is 0. The Bertz CT molecular complexity index is 659. The summed E-state index contributed by atoms with van der Waals surface area (Å²) in [5.74, 6) is -0.877. The first kappa shape index (κ1) is 16.6. The van der Waals surface area contributed by atoms with E-state index in [0.29, 0.717) is 6.54 Å². The molecule has 1 aromatic carbocycles. The SMILES string of the molecule is Cc1cccc(C(NCc2nc(C(C)(C)C)cs2)C(=O)O)c1. The van der Waals surface area contributed by atoms with Gasteiger partial charge < -0.3 is 5.11 Å². The molecule has 2 rings (SSSR count). The van der Waals surface area contributed by atoms with Gasteiger partial charge in [-0.3, -0.25) is 10.1 Å². The maximum Gasteiger partial charge on any atom is 0.325 e. The van der Waals surface area contributed by atoms with Crippen molar-refractivity contribution in [3.63, 3.8) is 0 Å². The zero-order chi connectivity index (χ0) is 16.3. The summed E-state index contributed by atoms with van der Waals surface area (Å²) < 4.78 is 0. The average molecular weight is 318 g/mol. The van der Waals surface area contributed by atoms with Crippen LogP contribution >= 0.6 is 11.3 Å². The van der Waals surface area contributed by atoms with Crippen molar-refractivity contribution < 1.29 is 9.90 Å². The van der Waals surface area contributed by atoms with E-state index >= 15 is 0 Å². The fourth-order valence-corrected chi connectivity index (χ4v) is 3.09. The van der Waals surface area contributed by atoms with E-state index in [1.807, 2.05) is 36.6 Å². The number of carbonyl (C=O) groups is 1. The first-order chi connectivity index (χ1) is 10.3. The molecule has 1 heterocycles. The first-order valence-corrected chi connectivity index (χ1v) is 8.13. The second-order valence-electron chi connectivity index (χ2n) is 6.44. The van der Waals surface area contributed by atoms with Gasteiger partial charge in [0.05, 0.1) is 5.69 Å². The molecule has 0 aliphatic heterocycles. The van der Waals surface area contributed by atoms with Gasteiger partial charge >= 0.3 is 5.97 Å². The molecule has 1 unspecified atom stereocenters. The van der Waals surface area contributed by atoms with E-state index in [9.17, 15) is 9.90 Å². The van der Waals surface area contributed by atoms with Crippen LogP contribution in [0.15, 0.2) is 29.6 Å². The van der Waals surface area contributed by atoms with Crippen molar-refractivity contribution in [3.05, 3.63) is 51.5 Å². The minimum absolute atomic E-state index is 0.0114. The molecule has 1 atom stereocenters. The number of rotatable bonds is 5. The third kappa shape index (κ3) is 4.15. The van der Waals surface area contributed by atoms with Crippen LogP contribution in [0.1, 0.15) is 48.6 Å². The molecule has 2 aromatic rings. The molecule has 0 bridgehead atoms. The molecule has 4 nitrogen and oxygen atoms in total. The second kappa shape index (κ2) is 6.58. The van der Waals surface area contributed by atoms with E-state index in [-0.39, 0.29) is 5.41 Å². The number of nitrogens with zero attached hydrogens (tertiary/aromatic N) is 1. The van der Waals surface area contributed by atoms with Gasteiger partial charge in [0.2, 0.25) is 0 Å². The van der Waals surface area contributed by atoms with E-state index in [2.05, 4.69) is 31.1 Å². The topological polar surface area (TPSA) is 62.2 Å². The van der Waals surface area contributed by atoms with Crippen LogP contribution < -0.4 is 5.32 Å². The van der Waals surface area contributed by atoms with Gasteiger partial charge in [0.15, 0.2) is 0 Å². The monoisotopic (exact) mass is 318 g/mol. The quantitative estimate of drug-likeness (QED) is 0.883. The Morgan fingerprint density at radius 2 is 2.14 bits per heavy atom. The van der Waals surface area contributed by atoms with Crippen LogP contribution in [0.25, 0.3) is 0 Å². The number of carboxylic acids is 1. The molecule has 1 aromatic heterocycles. The van der Waals surface area contributed by atoms with Crippen LogP contribution in [-0.4, -0.2) is 16.1 Å². The summed E-state index contributed by atoms with van der Waals surface area (Å²) in [6.07, 6.45) is 0. The van der Waals surface area contributed by atoms with Crippen LogP contribution in [0.2, 0.25) is 0 Å². The molecular weight excluding hydrogens is 296 g/mol. The molecule has 2 N–H and O–H groups in total. The number of hydrogen-bond acceptors (Lipinski definition) is 4. The van der Waals surface area contributed by atoms with Gasteiger partial charge in [-0.15, -0.1) is 11.3 Å². The van der Waals surface area contributed by atoms with E-state index in [0.717, 1.165) is 21.8 Å². The minimum Gasteiger partial charge on any atom is -0.480 e. The van der Waals surface area contributed by atoms with Gasteiger partial charge in [0.25, 0.3) is 0 Å². The Morgan fingerprint density at radius 3 is 2.68 bits per heavy atom. The van der Waals surface area contributed by atoms with Crippen molar-refractivity contribution in [2.75, 3.05) is 0 Å². The Labute approximate surface area is 135 Å². The molecule has 22 heavy (non-hydrogen) atoms. The smallest absolute Gasteiger partial charge is 0.325 e.